The molecule has 0 aliphatic heterocycles. The molecular formula is C19H17ClF6N2O3S. The molecule has 32 heavy (non-hydrogen) atoms. The van der Waals surface area contributed by atoms with Crippen molar-refractivity contribution in [2.24, 2.45) is 0 Å². The highest BCUT2D eigenvalue weighted by molar-refractivity contribution is 7.89. The maximum atomic E-state index is 13.0. The Kier molecular flexibility index (Phi) is 7.52. The van der Waals surface area contributed by atoms with Gasteiger partial charge >= 0.3 is 12.4 Å². The number of hydrogen-bond donors (Lipinski definition) is 1. The second-order valence-corrected chi connectivity index (χ2v) is 8.80. The predicted octanol–water partition coefficient (Wildman–Crippen LogP) is 5.66. The van der Waals surface area contributed by atoms with Crippen molar-refractivity contribution >= 4 is 33.2 Å². The molecule has 2 aromatic rings. The molecule has 0 bridgehead atoms. The zero-order valence-corrected chi connectivity index (χ0v) is 18.2. The predicted molar refractivity (Wildman–Crippen MR) is 106 cm³/mol. The Morgan fingerprint density at radius 3 is 1.88 bits per heavy atom. The van der Waals surface area contributed by atoms with Crippen LogP contribution in [0.5, 0.6) is 0 Å². The largest absolute Gasteiger partial charge is 0.416 e. The minimum Gasteiger partial charge on any atom is -0.322 e. The van der Waals surface area contributed by atoms with Gasteiger partial charge in [0, 0.05) is 24.3 Å². The van der Waals surface area contributed by atoms with E-state index in [0.717, 1.165) is 22.5 Å². The summed E-state index contributed by atoms with van der Waals surface area (Å²) >= 11 is 5.96. The number of nitrogens with one attached hydrogen (secondary N) is 1. The highest BCUT2D eigenvalue weighted by Gasteiger charge is 2.37. The molecule has 2 rings (SSSR count). The van der Waals surface area contributed by atoms with Crippen LogP contribution in [0.25, 0.3) is 0 Å². The number of benzene rings is 2. The Balaban J connectivity index is 2.48. The molecule has 0 saturated carbocycles. The number of carbonyl (C=O) groups is 1. The van der Waals surface area contributed by atoms with Crippen LogP contribution in [0, 0.1) is 0 Å². The van der Waals surface area contributed by atoms with Gasteiger partial charge in [-0.1, -0.05) is 25.4 Å². The summed E-state index contributed by atoms with van der Waals surface area (Å²) in [5, 5.41) is 1.75. The maximum Gasteiger partial charge on any atom is 0.416 e. The summed E-state index contributed by atoms with van der Waals surface area (Å²) in [5.74, 6) is -1.12. The molecule has 0 heterocycles. The van der Waals surface area contributed by atoms with Crippen molar-refractivity contribution < 1.29 is 39.6 Å². The van der Waals surface area contributed by atoms with E-state index in [1.807, 2.05) is 5.32 Å². The summed E-state index contributed by atoms with van der Waals surface area (Å²) < 4.78 is 105. The van der Waals surface area contributed by atoms with Crippen molar-refractivity contribution in [3.8, 4) is 0 Å². The van der Waals surface area contributed by atoms with E-state index in [-0.39, 0.29) is 29.7 Å². The summed E-state index contributed by atoms with van der Waals surface area (Å²) in [7, 11) is -4.09. The monoisotopic (exact) mass is 502 g/mol. The van der Waals surface area contributed by atoms with Gasteiger partial charge in [0.25, 0.3) is 5.91 Å². The number of amides is 1. The quantitative estimate of drug-likeness (QED) is 0.518. The van der Waals surface area contributed by atoms with Crippen molar-refractivity contribution in [2.45, 2.75) is 31.1 Å². The smallest absolute Gasteiger partial charge is 0.322 e. The summed E-state index contributed by atoms with van der Waals surface area (Å²) in [6.45, 7) is 3.38. The Morgan fingerprint density at radius 1 is 0.938 bits per heavy atom. The number of hydrogen-bond acceptors (Lipinski definition) is 3. The molecule has 13 heteroatoms. The Morgan fingerprint density at radius 2 is 1.44 bits per heavy atom. The third-order valence-corrected chi connectivity index (χ3v) is 6.89. The molecule has 0 saturated heterocycles. The van der Waals surface area contributed by atoms with Crippen molar-refractivity contribution in [3.63, 3.8) is 0 Å². The average Bonchev–Trinajstić information content (AvgIpc) is 2.67. The number of carbonyl (C=O) groups excluding carboxylic acids is 1. The van der Waals surface area contributed by atoms with Crippen LogP contribution >= 0.6 is 11.6 Å². The third-order valence-electron chi connectivity index (χ3n) is 4.36. The molecule has 0 radical (unpaired) electrons. The first-order valence-electron chi connectivity index (χ1n) is 9.01. The van der Waals surface area contributed by atoms with Crippen LogP contribution in [0.3, 0.4) is 0 Å². The van der Waals surface area contributed by atoms with E-state index in [1.165, 1.54) is 0 Å². The first-order valence-corrected chi connectivity index (χ1v) is 10.8. The van der Waals surface area contributed by atoms with Crippen molar-refractivity contribution in [1.29, 1.82) is 0 Å². The molecule has 0 spiro atoms. The van der Waals surface area contributed by atoms with Gasteiger partial charge in [0.05, 0.1) is 16.1 Å². The molecule has 2 aromatic carbocycles. The lowest BCUT2D eigenvalue weighted by Gasteiger charge is -2.19. The van der Waals surface area contributed by atoms with Crippen molar-refractivity contribution in [1.82, 2.24) is 4.31 Å². The van der Waals surface area contributed by atoms with Crippen LogP contribution in [-0.2, 0) is 22.4 Å². The van der Waals surface area contributed by atoms with E-state index in [2.05, 4.69) is 0 Å². The Bertz CT molecular complexity index is 1080. The molecule has 1 amide bonds. The molecule has 0 aliphatic carbocycles. The molecule has 1 N–H and O–H groups in total. The third kappa shape index (κ3) is 5.73. The zero-order valence-electron chi connectivity index (χ0n) is 16.6. The molecular weight excluding hydrogens is 486 g/mol. The highest BCUT2D eigenvalue weighted by atomic mass is 35.5. The lowest BCUT2D eigenvalue weighted by atomic mass is 10.1. The lowest BCUT2D eigenvalue weighted by Crippen LogP contribution is -2.31. The van der Waals surface area contributed by atoms with E-state index >= 15 is 0 Å². The normalized spacial score (nSPS) is 12.8. The number of sulfonamides is 1. The minimum absolute atomic E-state index is 0.0767. The number of anilines is 1. The molecule has 0 atom stereocenters. The van der Waals surface area contributed by atoms with Crippen LogP contribution in [0.15, 0.2) is 41.3 Å². The van der Waals surface area contributed by atoms with Gasteiger partial charge < -0.3 is 5.32 Å². The fourth-order valence-corrected chi connectivity index (χ4v) is 4.73. The molecule has 0 aliphatic rings. The van der Waals surface area contributed by atoms with Gasteiger partial charge in [-0.2, -0.15) is 30.6 Å². The van der Waals surface area contributed by atoms with Crippen LogP contribution in [0.4, 0.5) is 32.0 Å². The van der Waals surface area contributed by atoms with Gasteiger partial charge in [-0.05, 0) is 36.4 Å². The van der Waals surface area contributed by atoms with E-state index in [4.69, 9.17) is 11.6 Å². The summed E-state index contributed by atoms with van der Waals surface area (Å²) in [6, 6.07) is 3.71. The molecule has 0 aromatic heterocycles. The number of rotatable bonds is 6. The van der Waals surface area contributed by atoms with Gasteiger partial charge in [0.1, 0.15) is 4.90 Å². The van der Waals surface area contributed by atoms with Gasteiger partial charge in [-0.3, -0.25) is 4.79 Å². The first-order chi connectivity index (χ1) is 14.6. The van der Waals surface area contributed by atoms with Gasteiger partial charge in [0.15, 0.2) is 0 Å². The minimum atomic E-state index is -5.09. The van der Waals surface area contributed by atoms with Crippen molar-refractivity contribution in [2.75, 3.05) is 18.4 Å². The van der Waals surface area contributed by atoms with Crippen LogP contribution in [-0.4, -0.2) is 31.7 Å². The second kappa shape index (κ2) is 9.28. The second-order valence-electron chi connectivity index (χ2n) is 6.48. The topological polar surface area (TPSA) is 66.5 Å². The standard InChI is InChI=1S/C19H17ClF6N2O3S/c1-3-28(4-2)32(30,31)16-7-11(5-6-15(16)20)17(29)27-14-9-12(18(21,22)23)8-13(10-14)19(24,25)26/h5-10H,3-4H2,1-2H3,(H,27,29). The number of nitrogens with zero attached hydrogens (tertiary/aromatic N) is 1. The molecule has 0 fully saturated rings. The molecule has 0 unspecified atom stereocenters. The Labute approximate surface area is 185 Å². The fraction of sp³-hybridized carbons (Fsp3) is 0.316. The van der Waals surface area contributed by atoms with Gasteiger partial charge in [-0.15, -0.1) is 0 Å². The number of halogens is 7. The zero-order chi connectivity index (χ0) is 24.5. The Hall–Kier alpha value is -2.31. The average molecular weight is 503 g/mol. The summed E-state index contributed by atoms with van der Waals surface area (Å²) in [5.41, 5.74) is -4.31. The van der Waals surface area contributed by atoms with E-state index < -0.39 is 50.0 Å². The van der Waals surface area contributed by atoms with Crippen LogP contribution < -0.4 is 5.32 Å². The highest BCUT2D eigenvalue weighted by Crippen LogP contribution is 2.37. The van der Waals surface area contributed by atoms with Crippen LogP contribution in [0.2, 0.25) is 5.02 Å². The van der Waals surface area contributed by atoms with Gasteiger partial charge in [-0.25, -0.2) is 8.42 Å². The van der Waals surface area contributed by atoms with E-state index in [0.29, 0.717) is 12.1 Å². The van der Waals surface area contributed by atoms with Gasteiger partial charge in [0.2, 0.25) is 10.0 Å². The lowest BCUT2D eigenvalue weighted by molar-refractivity contribution is -0.143. The fourth-order valence-electron chi connectivity index (χ4n) is 2.78. The molecule has 5 nitrogen and oxygen atoms in total. The van der Waals surface area contributed by atoms with Crippen molar-refractivity contribution in [3.05, 3.63) is 58.1 Å². The first kappa shape index (κ1) is 25.9. The van der Waals surface area contributed by atoms with E-state index in [1.54, 1.807) is 13.8 Å². The van der Waals surface area contributed by atoms with Crippen LogP contribution in [0.1, 0.15) is 35.3 Å². The summed E-state index contributed by atoms with van der Waals surface area (Å²) in [4.78, 5) is 12.1. The SMILES string of the molecule is CCN(CC)S(=O)(=O)c1cc(C(=O)Nc2cc(C(F)(F)F)cc(C(F)(F)F)c2)ccc1Cl. The maximum absolute atomic E-state index is 13.0. The number of alkyl halides is 6. The van der Waals surface area contributed by atoms with E-state index in [9.17, 15) is 39.6 Å². The molecule has 176 valence electrons. The summed E-state index contributed by atoms with van der Waals surface area (Å²) in [6.07, 6.45) is -10.2.